The Labute approximate surface area is 618 Å². The maximum atomic E-state index is 14.9. The number of nitrogens with one attached hydrogen (secondary N) is 10. The summed E-state index contributed by atoms with van der Waals surface area (Å²) in [5, 5.41) is 81.6. The number of rotatable bonds is 49. The standard InChI is InChI=1S/C66H93N13O28S/c1-5-34(4)55(78-59(95)41(21-26-53(88)89)71-56(92)38(18-23-50(82)83)72-61(97)44(29-35-10-7-6-8-11-35)77-63(99)46(31-54(90)91)69-49(81)32-67)65(101)79-27-9-12-47(79)64(100)73-40(20-25-52(86)87)57(93)70-39(19-24-51(84)85)58(94)76-45(30-36-13-15-37(16-14-36)107-108(104,105)106)62(98)75-43(28-33(2)3)60(96)74-42(66(102)103)17-22-48(68)80/h6-8,10-11,13-16,33-34,38-47,55H,5,9,12,17-32,67H2,1-4H3,(H2,68,80)(H,69,81)(H,70,93)(H,71,92)(H,72,97)(H,73,100)(H,74,96)(H,75,98)(H,76,94)(H,77,99)(H,78,95)(H,82,83)(H,84,85)(H,86,87)(H,88,89)(H,90,91)(H,102,103)(H,104,105,106)/t34-,38-,39-,40-,41-,42-,43-,44-,45-,46-,47-,55-/m0/s1. The molecule has 0 bridgehead atoms. The molecule has 0 radical (unpaired) electrons. The number of likely N-dealkylation sites (tertiary alicyclic amines) is 1. The first-order valence-electron chi connectivity index (χ1n) is 34.0. The van der Waals surface area contributed by atoms with E-state index in [2.05, 4.69) is 57.4 Å². The van der Waals surface area contributed by atoms with Crippen LogP contribution in [0.25, 0.3) is 0 Å². The highest BCUT2D eigenvalue weighted by atomic mass is 32.3. The van der Waals surface area contributed by atoms with Gasteiger partial charge in [0.1, 0.15) is 72.2 Å². The smallest absolute Gasteiger partial charge is 0.446 e. The van der Waals surface area contributed by atoms with Crippen molar-refractivity contribution in [2.75, 3.05) is 13.1 Å². The number of primary amides is 1. The van der Waals surface area contributed by atoms with Crippen LogP contribution in [-0.2, 0) is 110 Å². The molecule has 0 spiro atoms. The Balaban J connectivity index is 2.02. The van der Waals surface area contributed by atoms with E-state index >= 15 is 0 Å². The van der Waals surface area contributed by atoms with Crippen molar-refractivity contribution >= 4 is 117 Å². The van der Waals surface area contributed by atoms with E-state index in [1.165, 1.54) is 31.2 Å². The maximum absolute atomic E-state index is 14.9. The normalized spacial score (nSPS) is 15.6. The summed E-state index contributed by atoms with van der Waals surface area (Å²) in [4.78, 5) is 240. The summed E-state index contributed by atoms with van der Waals surface area (Å²) in [5.41, 5.74) is 11.0. The number of nitrogens with zero attached hydrogens (tertiary/aromatic N) is 1. The van der Waals surface area contributed by atoms with Crippen LogP contribution in [0.15, 0.2) is 54.6 Å². The Morgan fingerprint density at radius 2 is 0.880 bits per heavy atom. The maximum Gasteiger partial charge on any atom is 0.446 e. The van der Waals surface area contributed by atoms with Crippen molar-refractivity contribution in [3.05, 3.63) is 65.7 Å². The number of aliphatic carboxylic acids is 6. The lowest BCUT2D eigenvalue weighted by Gasteiger charge is -2.33. The SMILES string of the molecule is CC[C@H](C)[C@H](NC(=O)[C@H](CCC(=O)O)NC(=O)[C@H](CCC(=O)O)NC(=O)[C@H](Cc1ccccc1)NC(=O)[C@H](CC(=O)O)NC(=O)CN)C(=O)N1CCC[C@H]1C(=O)N[C@@H](CCC(=O)O)C(=O)N[C@@H](CCC(=O)O)C(=O)N[C@@H](Cc1ccc(OS(=O)(=O)O)cc1)C(=O)N[C@@H](CC(C)C)C(=O)N[C@@H](CCC(N)=O)C(=O)O. The van der Waals surface area contributed by atoms with Crippen molar-refractivity contribution in [2.45, 2.75) is 203 Å². The quantitative estimate of drug-likeness (QED) is 0.0280. The van der Waals surface area contributed by atoms with Gasteiger partial charge in [-0.1, -0.05) is 76.6 Å². The Hall–Kier alpha value is -11.4. The largest absolute Gasteiger partial charge is 0.481 e. The predicted octanol–water partition coefficient (Wildman–Crippen LogP) is -4.17. The van der Waals surface area contributed by atoms with Gasteiger partial charge in [0.25, 0.3) is 0 Å². The highest BCUT2D eigenvalue weighted by Gasteiger charge is 2.43. The Bertz CT molecular complexity index is 3700. The van der Waals surface area contributed by atoms with E-state index in [1.54, 1.807) is 39.0 Å². The number of carboxylic acid groups (broad SMARTS) is 6. The van der Waals surface area contributed by atoms with Crippen molar-refractivity contribution < 1.29 is 134 Å². The minimum Gasteiger partial charge on any atom is -0.481 e. The summed E-state index contributed by atoms with van der Waals surface area (Å²) in [6.07, 6.45) is -9.25. The molecule has 108 heavy (non-hydrogen) atoms. The lowest BCUT2D eigenvalue weighted by molar-refractivity contribution is -0.144. The second-order valence-electron chi connectivity index (χ2n) is 25.7. The summed E-state index contributed by atoms with van der Waals surface area (Å²) >= 11 is 0. The van der Waals surface area contributed by atoms with Gasteiger partial charge in [0.2, 0.25) is 70.9 Å². The number of carbonyl (C=O) groups is 18. The third-order valence-corrected chi connectivity index (χ3v) is 17.1. The number of benzene rings is 2. The van der Waals surface area contributed by atoms with Gasteiger partial charge < -0.3 is 104 Å². The molecule has 21 N–H and O–H groups in total. The molecule has 12 atom stereocenters. The number of hydrogen-bond donors (Lipinski definition) is 19. The molecule has 1 heterocycles. The molecule has 2 aromatic rings. The number of carbonyl (C=O) groups excluding carboxylic acids is 12. The van der Waals surface area contributed by atoms with Crippen LogP contribution in [0.3, 0.4) is 0 Å². The van der Waals surface area contributed by atoms with Gasteiger partial charge >= 0.3 is 46.2 Å². The molecule has 3 rings (SSSR count). The predicted molar refractivity (Wildman–Crippen MR) is 370 cm³/mol. The van der Waals surface area contributed by atoms with Crippen LogP contribution in [0.4, 0.5) is 0 Å². The van der Waals surface area contributed by atoms with Gasteiger partial charge in [-0.2, -0.15) is 8.42 Å². The Morgan fingerprint density at radius 3 is 1.29 bits per heavy atom. The zero-order valence-electron chi connectivity index (χ0n) is 59.4. The molecule has 12 amide bonds. The second-order valence-corrected chi connectivity index (χ2v) is 26.7. The molecule has 0 aliphatic carbocycles. The van der Waals surface area contributed by atoms with Gasteiger partial charge in [0.05, 0.1) is 13.0 Å². The Kier molecular flexibility index (Phi) is 37.4. The van der Waals surface area contributed by atoms with Gasteiger partial charge in [-0.3, -0.25) is 86.1 Å². The number of carboxylic acids is 6. The second kappa shape index (κ2) is 44.5. The van der Waals surface area contributed by atoms with Crippen LogP contribution in [0.2, 0.25) is 0 Å². The molecule has 0 aromatic heterocycles. The van der Waals surface area contributed by atoms with Crippen LogP contribution in [0, 0.1) is 11.8 Å². The lowest BCUT2D eigenvalue weighted by Crippen LogP contribution is -2.61. The molecule has 1 fully saturated rings. The van der Waals surface area contributed by atoms with E-state index in [1.807, 2.05) is 0 Å². The average Bonchev–Trinajstić information content (AvgIpc) is 1.60. The summed E-state index contributed by atoms with van der Waals surface area (Å²) in [6, 6.07) is -7.12. The van der Waals surface area contributed by atoms with Crippen molar-refractivity contribution in [3.63, 3.8) is 0 Å². The Morgan fingerprint density at radius 1 is 0.491 bits per heavy atom. The minimum absolute atomic E-state index is 0.0821. The van der Waals surface area contributed by atoms with E-state index in [9.17, 15) is 130 Å². The zero-order valence-corrected chi connectivity index (χ0v) is 60.2. The summed E-state index contributed by atoms with van der Waals surface area (Å²) in [5.74, 6) is -24.5. The number of amides is 12. The van der Waals surface area contributed by atoms with Crippen LogP contribution in [0.5, 0.6) is 5.75 Å². The average molecular weight is 1550 g/mol. The third kappa shape index (κ3) is 32.9. The summed E-state index contributed by atoms with van der Waals surface area (Å²) in [6.45, 7) is 5.47. The molecule has 41 nitrogen and oxygen atoms in total. The van der Waals surface area contributed by atoms with Crippen molar-refractivity contribution in [3.8, 4) is 5.75 Å². The number of nitrogens with two attached hydrogens (primary N) is 2. The van der Waals surface area contributed by atoms with Crippen LogP contribution >= 0.6 is 0 Å². The monoisotopic (exact) mass is 1550 g/mol. The summed E-state index contributed by atoms with van der Waals surface area (Å²) < 4.78 is 36.5. The fourth-order valence-corrected chi connectivity index (χ4v) is 11.3. The molecule has 0 unspecified atom stereocenters. The van der Waals surface area contributed by atoms with Gasteiger partial charge in [-0.15, -0.1) is 0 Å². The zero-order chi connectivity index (χ0) is 81.3. The molecule has 1 saturated heterocycles. The van der Waals surface area contributed by atoms with Crippen LogP contribution in [0.1, 0.15) is 135 Å². The molecule has 596 valence electrons. The summed E-state index contributed by atoms with van der Waals surface area (Å²) in [7, 11) is -5.04. The van der Waals surface area contributed by atoms with Crippen molar-refractivity contribution in [1.82, 2.24) is 58.1 Å². The highest BCUT2D eigenvalue weighted by molar-refractivity contribution is 7.81. The molecule has 1 aliphatic rings. The number of hydrogen-bond acceptors (Lipinski definition) is 22. The molecule has 0 saturated carbocycles. The van der Waals surface area contributed by atoms with Crippen LogP contribution in [-0.4, -0.2) is 235 Å². The van der Waals surface area contributed by atoms with E-state index in [4.69, 9.17) is 11.5 Å². The van der Waals surface area contributed by atoms with E-state index in [-0.39, 0.29) is 44.2 Å². The lowest BCUT2D eigenvalue weighted by atomic mass is 9.96. The highest BCUT2D eigenvalue weighted by Crippen LogP contribution is 2.24. The first kappa shape index (κ1) is 90.8. The van der Waals surface area contributed by atoms with Crippen molar-refractivity contribution in [1.29, 1.82) is 0 Å². The van der Waals surface area contributed by atoms with Gasteiger partial charge in [-0.05, 0) is 86.5 Å². The topological polar surface area (TPSA) is 668 Å². The first-order chi connectivity index (χ1) is 50.6. The molecular weight excluding hydrogens is 1450 g/mol. The van der Waals surface area contributed by atoms with E-state index < -0.39 is 285 Å². The third-order valence-electron chi connectivity index (χ3n) is 16.7. The van der Waals surface area contributed by atoms with Gasteiger partial charge in [0, 0.05) is 51.5 Å². The van der Waals surface area contributed by atoms with Crippen LogP contribution < -0.4 is 68.8 Å². The molecular formula is C66H93N13O28S. The minimum atomic E-state index is -5.04. The van der Waals surface area contributed by atoms with Gasteiger partial charge in [0.15, 0.2) is 0 Å². The van der Waals surface area contributed by atoms with Gasteiger partial charge in [-0.25, -0.2) is 4.79 Å². The molecule has 2 aromatic carbocycles. The van der Waals surface area contributed by atoms with E-state index in [0.29, 0.717) is 5.56 Å². The molecule has 42 heteroatoms. The fraction of sp³-hybridized carbons (Fsp3) is 0.545. The first-order valence-corrected chi connectivity index (χ1v) is 35.4. The van der Waals surface area contributed by atoms with Crippen molar-refractivity contribution in [2.24, 2.45) is 23.3 Å². The van der Waals surface area contributed by atoms with E-state index in [0.717, 1.165) is 17.0 Å². The fourth-order valence-electron chi connectivity index (χ4n) is 10.9. The molecule has 1 aliphatic heterocycles.